The molecule has 112 valence electrons. The Morgan fingerprint density at radius 3 is 2.24 bits per heavy atom. The fourth-order valence-electron chi connectivity index (χ4n) is 5.75. The molecule has 0 N–H and O–H groups in total. The maximum atomic E-state index is 13.0. The zero-order valence-electron chi connectivity index (χ0n) is 13.3. The summed E-state index contributed by atoms with van der Waals surface area (Å²) in [6.07, 6.45) is 7.50. The normalized spacial score (nSPS) is 37.0. The van der Waals surface area contributed by atoms with E-state index < -0.39 is 0 Å². The molecule has 0 spiro atoms. The monoisotopic (exact) mass is 282 g/mol. The Kier molecular flexibility index (Phi) is 3.20. The zero-order chi connectivity index (χ0) is 14.6. The minimum atomic E-state index is 0.387. The largest absolute Gasteiger partial charge is 0.299 e. The summed E-state index contributed by atoms with van der Waals surface area (Å²) in [5.74, 6) is 4.28. The van der Waals surface area contributed by atoms with E-state index in [0.29, 0.717) is 18.1 Å². The average molecular weight is 282 g/mol. The quantitative estimate of drug-likeness (QED) is 0.798. The lowest BCUT2D eigenvalue weighted by Crippen LogP contribution is -2.48. The third kappa shape index (κ3) is 2.35. The number of Topliss-reactive ketones (excluding diaryl/α,β-unsaturated/α-hetero) is 1. The van der Waals surface area contributed by atoms with E-state index >= 15 is 0 Å². The number of hydrogen-bond acceptors (Lipinski definition) is 1. The van der Waals surface area contributed by atoms with Crippen molar-refractivity contribution in [1.29, 1.82) is 0 Å². The number of aryl methyl sites for hydroxylation is 2. The van der Waals surface area contributed by atoms with Crippen LogP contribution >= 0.6 is 0 Å². The van der Waals surface area contributed by atoms with Crippen LogP contribution in [0.25, 0.3) is 0 Å². The van der Waals surface area contributed by atoms with Gasteiger partial charge in [0.25, 0.3) is 0 Å². The second kappa shape index (κ2) is 4.97. The molecule has 1 aromatic rings. The molecule has 1 aromatic carbocycles. The lowest BCUT2D eigenvalue weighted by Gasteiger charge is -2.53. The van der Waals surface area contributed by atoms with Gasteiger partial charge in [-0.2, -0.15) is 0 Å². The fourth-order valence-corrected chi connectivity index (χ4v) is 5.75. The lowest BCUT2D eigenvalue weighted by molar-refractivity contribution is -0.135. The van der Waals surface area contributed by atoms with Gasteiger partial charge >= 0.3 is 0 Å². The highest BCUT2D eigenvalue weighted by molar-refractivity contribution is 5.84. The molecule has 5 rings (SSSR count). The van der Waals surface area contributed by atoms with Gasteiger partial charge in [0, 0.05) is 12.3 Å². The predicted octanol–water partition coefficient (Wildman–Crippen LogP) is 4.49. The van der Waals surface area contributed by atoms with Crippen molar-refractivity contribution in [1.82, 2.24) is 0 Å². The van der Waals surface area contributed by atoms with Crippen LogP contribution in [0, 0.1) is 43.4 Å². The number of carbonyl (C=O) groups excluding carboxylic acids is 1. The summed E-state index contributed by atoms with van der Waals surface area (Å²) in [6.45, 7) is 4.26. The first-order valence-corrected chi connectivity index (χ1v) is 8.69. The molecule has 1 nitrogen and oxygen atoms in total. The van der Waals surface area contributed by atoms with E-state index in [2.05, 4.69) is 32.0 Å². The van der Waals surface area contributed by atoms with Crippen LogP contribution in [-0.4, -0.2) is 5.78 Å². The molecule has 21 heavy (non-hydrogen) atoms. The molecule has 0 unspecified atom stereocenters. The summed E-state index contributed by atoms with van der Waals surface area (Å²) >= 11 is 0. The van der Waals surface area contributed by atoms with E-state index in [1.165, 1.54) is 48.8 Å². The maximum Gasteiger partial charge on any atom is 0.140 e. The molecule has 1 heteroatoms. The van der Waals surface area contributed by atoms with Crippen LogP contribution in [-0.2, 0) is 11.2 Å². The van der Waals surface area contributed by atoms with E-state index in [1.54, 1.807) is 0 Å². The fraction of sp³-hybridized carbons (Fsp3) is 0.650. The molecular formula is C20H26O. The molecule has 0 radical (unpaired) electrons. The smallest absolute Gasteiger partial charge is 0.140 e. The van der Waals surface area contributed by atoms with Gasteiger partial charge < -0.3 is 0 Å². The first kappa shape index (κ1) is 13.5. The van der Waals surface area contributed by atoms with Crippen molar-refractivity contribution in [3.8, 4) is 0 Å². The highest BCUT2D eigenvalue weighted by atomic mass is 16.1. The van der Waals surface area contributed by atoms with E-state index in [-0.39, 0.29) is 0 Å². The Labute approximate surface area is 128 Å². The second-order valence-corrected chi connectivity index (χ2v) is 8.03. The van der Waals surface area contributed by atoms with Crippen LogP contribution in [0.1, 0.15) is 48.8 Å². The molecule has 4 aliphatic carbocycles. The summed E-state index contributed by atoms with van der Waals surface area (Å²) < 4.78 is 0. The van der Waals surface area contributed by atoms with E-state index in [4.69, 9.17) is 0 Å². The van der Waals surface area contributed by atoms with Crippen LogP contribution in [0.2, 0.25) is 0 Å². The molecule has 0 heterocycles. The summed E-state index contributed by atoms with van der Waals surface area (Å²) in [6, 6.07) is 6.52. The molecular weight excluding hydrogens is 256 g/mol. The minimum Gasteiger partial charge on any atom is -0.299 e. The standard InChI is InChI=1S/C20H26O/c1-12-3-4-13(2)16(5-12)11-19(21)20-17-7-14-6-15(9-17)10-18(20)8-14/h3-5,14-15,17-18,20H,6-11H2,1-2H3. The summed E-state index contributed by atoms with van der Waals surface area (Å²) in [4.78, 5) is 13.0. The molecule has 0 atom stereocenters. The Hall–Kier alpha value is -1.11. The lowest BCUT2D eigenvalue weighted by atomic mass is 9.51. The Morgan fingerprint density at radius 1 is 1.00 bits per heavy atom. The van der Waals surface area contributed by atoms with Gasteiger partial charge in [0.1, 0.15) is 5.78 Å². The predicted molar refractivity (Wildman–Crippen MR) is 85.2 cm³/mol. The van der Waals surface area contributed by atoms with Crippen LogP contribution in [0.3, 0.4) is 0 Å². The summed E-state index contributed by atoms with van der Waals surface area (Å²) in [5, 5.41) is 0. The van der Waals surface area contributed by atoms with Crippen LogP contribution in [0.5, 0.6) is 0 Å². The van der Waals surface area contributed by atoms with Crippen LogP contribution < -0.4 is 0 Å². The van der Waals surface area contributed by atoms with Crippen molar-refractivity contribution in [2.45, 2.75) is 52.4 Å². The second-order valence-electron chi connectivity index (χ2n) is 8.03. The summed E-state index contributed by atoms with van der Waals surface area (Å²) in [7, 11) is 0. The Bertz CT molecular complexity index is 543. The number of benzene rings is 1. The number of rotatable bonds is 3. The Morgan fingerprint density at radius 2 is 1.62 bits per heavy atom. The Balaban J connectivity index is 1.54. The zero-order valence-corrected chi connectivity index (χ0v) is 13.3. The van der Waals surface area contributed by atoms with Gasteiger partial charge in [0.15, 0.2) is 0 Å². The van der Waals surface area contributed by atoms with E-state index in [0.717, 1.165) is 23.7 Å². The SMILES string of the molecule is Cc1ccc(C)c(CC(=O)C2C3CC4CC(C3)CC2C4)c1. The number of hydrogen-bond donors (Lipinski definition) is 0. The molecule has 4 saturated carbocycles. The van der Waals surface area contributed by atoms with Crippen molar-refractivity contribution in [2.24, 2.45) is 29.6 Å². The summed E-state index contributed by atoms with van der Waals surface area (Å²) in [5.41, 5.74) is 3.81. The van der Waals surface area contributed by atoms with Crippen LogP contribution in [0.15, 0.2) is 18.2 Å². The average Bonchev–Trinajstić information content (AvgIpc) is 2.41. The van der Waals surface area contributed by atoms with Gasteiger partial charge in [-0.15, -0.1) is 0 Å². The molecule has 0 aromatic heterocycles. The topological polar surface area (TPSA) is 17.1 Å². The third-order valence-electron chi connectivity index (χ3n) is 6.47. The van der Waals surface area contributed by atoms with Gasteiger partial charge in [-0.3, -0.25) is 4.79 Å². The number of ketones is 1. The van der Waals surface area contributed by atoms with Crippen molar-refractivity contribution in [2.75, 3.05) is 0 Å². The van der Waals surface area contributed by atoms with Gasteiger partial charge in [0.2, 0.25) is 0 Å². The number of carbonyl (C=O) groups is 1. The van der Waals surface area contributed by atoms with Crippen molar-refractivity contribution in [3.05, 3.63) is 34.9 Å². The van der Waals surface area contributed by atoms with Gasteiger partial charge in [-0.25, -0.2) is 0 Å². The molecule has 0 saturated heterocycles. The maximum absolute atomic E-state index is 13.0. The highest BCUT2D eigenvalue weighted by Crippen LogP contribution is 2.56. The molecule has 0 amide bonds. The minimum absolute atomic E-state index is 0.387. The molecule has 0 aliphatic heterocycles. The van der Waals surface area contributed by atoms with Gasteiger partial charge in [-0.05, 0) is 80.8 Å². The third-order valence-corrected chi connectivity index (χ3v) is 6.47. The molecule has 4 aliphatic rings. The van der Waals surface area contributed by atoms with Crippen molar-refractivity contribution in [3.63, 3.8) is 0 Å². The first-order chi connectivity index (χ1) is 10.1. The van der Waals surface area contributed by atoms with Crippen LogP contribution in [0.4, 0.5) is 0 Å². The van der Waals surface area contributed by atoms with E-state index in [1.807, 2.05) is 0 Å². The molecule has 4 fully saturated rings. The first-order valence-electron chi connectivity index (χ1n) is 8.69. The highest BCUT2D eigenvalue weighted by Gasteiger charge is 2.50. The van der Waals surface area contributed by atoms with Crippen molar-refractivity contribution >= 4 is 5.78 Å². The van der Waals surface area contributed by atoms with Gasteiger partial charge in [0.05, 0.1) is 0 Å². The van der Waals surface area contributed by atoms with Crippen molar-refractivity contribution < 1.29 is 4.79 Å². The molecule has 4 bridgehead atoms. The van der Waals surface area contributed by atoms with Gasteiger partial charge in [-0.1, -0.05) is 23.8 Å². The van der Waals surface area contributed by atoms with E-state index in [9.17, 15) is 4.79 Å².